The highest BCUT2D eigenvalue weighted by Crippen LogP contribution is 2.35. The van der Waals surface area contributed by atoms with Gasteiger partial charge in [-0.1, -0.05) is 11.2 Å². The molecule has 0 unspecified atom stereocenters. The molecule has 32 heavy (non-hydrogen) atoms. The molecule has 172 valence electrons. The van der Waals surface area contributed by atoms with Crippen LogP contribution < -0.4 is 9.64 Å². The number of nitrogens with zero attached hydrogens (tertiary/aromatic N) is 3. The van der Waals surface area contributed by atoms with Crippen LogP contribution in [0.1, 0.15) is 17.5 Å². The van der Waals surface area contributed by atoms with Gasteiger partial charge in [-0.2, -0.15) is 13.2 Å². The maximum absolute atomic E-state index is 13.4. The minimum absolute atomic E-state index is 0.0747. The van der Waals surface area contributed by atoms with Gasteiger partial charge in [0.15, 0.2) is 0 Å². The summed E-state index contributed by atoms with van der Waals surface area (Å²) >= 11 is 0. The number of alkyl halides is 3. The summed E-state index contributed by atoms with van der Waals surface area (Å²) in [4.78, 5) is 20.5. The first-order valence-corrected chi connectivity index (χ1v) is 9.97. The van der Waals surface area contributed by atoms with Gasteiger partial charge in [0.1, 0.15) is 18.7 Å². The van der Waals surface area contributed by atoms with Crippen molar-refractivity contribution in [2.24, 2.45) is 5.16 Å². The lowest BCUT2D eigenvalue weighted by molar-refractivity contribution is -0.137. The molecule has 10 heteroatoms. The van der Waals surface area contributed by atoms with Gasteiger partial charge in [-0.15, -0.1) is 0 Å². The molecule has 2 aromatic carbocycles. The van der Waals surface area contributed by atoms with Crippen LogP contribution in [-0.4, -0.2) is 56.9 Å². The van der Waals surface area contributed by atoms with Crippen molar-refractivity contribution in [3.63, 3.8) is 0 Å². The first kappa shape index (κ1) is 23.4. The molecule has 1 fully saturated rings. The first-order chi connectivity index (χ1) is 15.3. The summed E-state index contributed by atoms with van der Waals surface area (Å²) in [6.07, 6.45) is -3.33. The second kappa shape index (κ2) is 10.3. The summed E-state index contributed by atoms with van der Waals surface area (Å²) in [5.74, 6) is -0.0143. The normalized spacial score (nSPS) is 14.7. The van der Waals surface area contributed by atoms with Crippen LogP contribution in [0, 0.1) is 5.82 Å². The van der Waals surface area contributed by atoms with Gasteiger partial charge in [0.2, 0.25) is 5.91 Å². The monoisotopic (exact) mass is 453 g/mol. The second-order valence-corrected chi connectivity index (χ2v) is 7.07. The maximum atomic E-state index is 13.4. The zero-order valence-corrected chi connectivity index (χ0v) is 17.4. The molecule has 1 amide bonds. The summed E-state index contributed by atoms with van der Waals surface area (Å²) in [5, 5.41) is 3.53. The van der Waals surface area contributed by atoms with E-state index in [0.717, 1.165) is 12.3 Å². The van der Waals surface area contributed by atoms with Crippen LogP contribution in [0.5, 0.6) is 5.75 Å². The lowest BCUT2D eigenvalue weighted by Gasteiger charge is -2.37. The van der Waals surface area contributed by atoms with E-state index in [1.807, 2.05) is 0 Å². The van der Waals surface area contributed by atoms with Crippen LogP contribution in [-0.2, 0) is 15.8 Å². The Morgan fingerprint density at radius 1 is 1.09 bits per heavy atom. The summed E-state index contributed by atoms with van der Waals surface area (Å²) in [6.45, 7) is 1.63. The number of rotatable bonds is 7. The highest BCUT2D eigenvalue weighted by molar-refractivity contribution is 5.90. The Labute approximate surface area is 183 Å². The summed E-state index contributed by atoms with van der Waals surface area (Å²) in [7, 11) is 1.26. The van der Waals surface area contributed by atoms with E-state index in [4.69, 9.17) is 4.74 Å². The van der Waals surface area contributed by atoms with Crippen molar-refractivity contribution in [3.8, 4) is 5.75 Å². The minimum atomic E-state index is -4.53. The Bertz CT molecular complexity index is 940. The predicted molar refractivity (Wildman–Crippen MR) is 111 cm³/mol. The van der Waals surface area contributed by atoms with E-state index in [1.54, 1.807) is 15.9 Å². The van der Waals surface area contributed by atoms with Gasteiger partial charge in [0, 0.05) is 37.4 Å². The number of hydrogen-bond acceptors (Lipinski definition) is 5. The highest BCUT2D eigenvalue weighted by Gasteiger charge is 2.35. The van der Waals surface area contributed by atoms with Gasteiger partial charge >= 0.3 is 6.18 Å². The van der Waals surface area contributed by atoms with Gasteiger partial charge in [0.25, 0.3) is 0 Å². The van der Waals surface area contributed by atoms with Crippen LogP contribution in [0.15, 0.2) is 47.6 Å². The molecule has 0 bridgehead atoms. The third-order valence-electron chi connectivity index (χ3n) is 5.05. The second-order valence-electron chi connectivity index (χ2n) is 7.07. The number of anilines is 1. The van der Waals surface area contributed by atoms with E-state index in [2.05, 4.69) is 9.99 Å². The molecule has 0 aromatic heterocycles. The quantitative estimate of drug-likeness (QED) is 0.362. The Kier molecular flexibility index (Phi) is 7.55. The maximum Gasteiger partial charge on any atom is 0.417 e. The van der Waals surface area contributed by atoms with Crippen LogP contribution in [0.2, 0.25) is 0 Å². The average molecular weight is 453 g/mol. The lowest BCUT2D eigenvalue weighted by Crippen LogP contribution is -2.49. The van der Waals surface area contributed by atoms with Crippen molar-refractivity contribution >= 4 is 17.8 Å². The fourth-order valence-electron chi connectivity index (χ4n) is 3.46. The molecule has 0 saturated carbocycles. The minimum Gasteiger partial charge on any atom is -0.493 e. The van der Waals surface area contributed by atoms with Crippen LogP contribution >= 0.6 is 0 Å². The van der Waals surface area contributed by atoms with Crippen LogP contribution in [0.25, 0.3) is 0 Å². The molecule has 0 N–H and O–H groups in total. The molecule has 0 atom stereocenters. The smallest absolute Gasteiger partial charge is 0.417 e. The third kappa shape index (κ3) is 5.89. The number of carbonyl (C=O) groups is 1. The van der Waals surface area contributed by atoms with Gasteiger partial charge < -0.3 is 19.4 Å². The topological polar surface area (TPSA) is 54.4 Å². The van der Waals surface area contributed by atoms with Gasteiger partial charge in [-0.25, -0.2) is 4.39 Å². The Balaban J connectivity index is 1.59. The SMILES string of the molecule is CO/N=C/c1c(N2CCN(C(=O)CCOc3ccc(F)cc3)CC2)cccc1C(F)(F)F. The van der Waals surface area contributed by atoms with Crippen LogP contribution in [0.4, 0.5) is 23.2 Å². The van der Waals surface area contributed by atoms with E-state index in [0.29, 0.717) is 37.6 Å². The Hall–Kier alpha value is -3.30. The fourth-order valence-corrected chi connectivity index (χ4v) is 3.46. The van der Waals surface area contributed by atoms with E-state index in [9.17, 15) is 22.4 Å². The molecule has 1 aliphatic heterocycles. The van der Waals surface area contributed by atoms with Crippen molar-refractivity contribution in [2.75, 3.05) is 44.8 Å². The molecular formula is C22H23F4N3O3. The van der Waals surface area contributed by atoms with E-state index >= 15 is 0 Å². The third-order valence-corrected chi connectivity index (χ3v) is 5.05. The standard InChI is InChI=1S/C22H23F4N3O3/c1-31-27-15-18-19(22(24,25)26)3-2-4-20(18)28-10-12-29(13-11-28)21(30)9-14-32-17-7-5-16(23)6-8-17/h2-8,15H,9-14H2,1H3/b27-15+. The number of hydrogen-bond donors (Lipinski definition) is 0. The number of oxime groups is 1. The average Bonchev–Trinajstić information content (AvgIpc) is 2.78. The zero-order valence-electron chi connectivity index (χ0n) is 17.4. The summed E-state index contributed by atoms with van der Waals surface area (Å²) in [5.41, 5.74) is -0.492. The fraction of sp³-hybridized carbons (Fsp3) is 0.364. The zero-order chi connectivity index (χ0) is 23.1. The number of carbonyl (C=O) groups excluding carboxylic acids is 1. The molecule has 0 radical (unpaired) electrons. The summed E-state index contributed by atoms with van der Waals surface area (Å²) < 4.78 is 58.7. The molecule has 0 spiro atoms. The largest absolute Gasteiger partial charge is 0.493 e. The molecule has 3 rings (SSSR count). The van der Waals surface area contributed by atoms with Crippen molar-refractivity contribution in [2.45, 2.75) is 12.6 Å². The van der Waals surface area contributed by atoms with Gasteiger partial charge in [0.05, 0.1) is 24.8 Å². The number of piperazine rings is 1. The van der Waals surface area contributed by atoms with E-state index < -0.39 is 11.7 Å². The Morgan fingerprint density at radius 2 is 1.78 bits per heavy atom. The number of benzene rings is 2. The lowest BCUT2D eigenvalue weighted by atomic mass is 10.0. The number of halogens is 4. The molecular weight excluding hydrogens is 430 g/mol. The number of ether oxygens (including phenoxy) is 1. The molecule has 2 aromatic rings. The molecule has 1 saturated heterocycles. The van der Waals surface area contributed by atoms with Crippen molar-refractivity contribution in [1.82, 2.24) is 4.90 Å². The predicted octanol–water partition coefficient (Wildman–Crippen LogP) is 3.94. The molecule has 1 heterocycles. The summed E-state index contributed by atoms with van der Waals surface area (Å²) in [6, 6.07) is 9.47. The van der Waals surface area contributed by atoms with E-state index in [-0.39, 0.29) is 30.3 Å². The van der Waals surface area contributed by atoms with Crippen molar-refractivity contribution < 1.29 is 31.9 Å². The molecule has 6 nitrogen and oxygen atoms in total. The first-order valence-electron chi connectivity index (χ1n) is 9.97. The van der Waals surface area contributed by atoms with Crippen LogP contribution in [0.3, 0.4) is 0 Å². The molecule has 0 aliphatic carbocycles. The van der Waals surface area contributed by atoms with E-state index in [1.165, 1.54) is 37.4 Å². The van der Waals surface area contributed by atoms with Gasteiger partial charge in [-0.3, -0.25) is 4.79 Å². The number of amides is 1. The van der Waals surface area contributed by atoms with Crippen molar-refractivity contribution in [3.05, 3.63) is 59.4 Å². The van der Waals surface area contributed by atoms with Crippen molar-refractivity contribution in [1.29, 1.82) is 0 Å². The highest BCUT2D eigenvalue weighted by atomic mass is 19.4. The molecule has 1 aliphatic rings. The Morgan fingerprint density at radius 3 is 2.41 bits per heavy atom. The van der Waals surface area contributed by atoms with Gasteiger partial charge in [-0.05, 0) is 36.4 Å².